The van der Waals surface area contributed by atoms with Crippen LogP contribution in [0.5, 0.6) is 23.0 Å². The van der Waals surface area contributed by atoms with E-state index in [4.69, 9.17) is 23.7 Å². The third-order valence-corrected chi connectivity index (χ3v) is 8.24. The number of aliphatic hydroxyl groups is 2. The first-order chi connectivity index (χ1) is 18.5. The molecule has 2 aromatic rings. The van der Waals surface area contributed by atoms with Crippen molar-refractivity contribution in [3.05, 3.63) is 47.0 Å². The monoisotopic (exact) mass is 527 g/mol. The number of nitrogens with one attached hydrogen (secondary N) is 1. The molecule has 0 radical (unpaired) electrons. The van der Waals surface area contributed by atoms with Crippen molar-refractivity contribution in [2.24, 2.45) is 11.8 Å². The number of ether oxygens (including phenoxy) is 5. The van der Waals surface area contributed by atoms with Crippen molar-refractivity contribution >= 4 is 0 Å². The van der Waals surface area contributed by atoms with Crippen molar-refractivity contribution in [2.75, 3.05) is 34.5 Å². The van der Waals surface area contributed by atoms with Gasteiger partial charge < -0.3 is 39.2 Å². The summed E-state index contributed by atoms with van der Waals surface area (Å²) >= 11 is 0. The Labute approximate surface area is 225 Å². The number of methoxy groups -OCH3 is 2. The van der Waals surface area contributed by atoms with Crippen LogP contribution in [0.1, 0.15) is 67.4 Å². The summed E-state index contributed by atoms with van der Waals surface area (Å²) in [5.41, 5.74) is 2.33. The largest absolute Gasteiger partial charge is 0.496 e. The maximum Gasteiger partial charge on any atom is 0.126 e. The molecular weight excluding hydrogens is 486 g/mol. The Hall–Kier alpha value is -2.52. The van der Waals surface area contributed by atoms with Crippen LogP contribution in [-0.4, -0.2) is 56.9 Å². The minimum Gasteiger partial charge on any atom is -0.496 e. The molecule has 0 saturated heterocycles. The smallest absolute Gasteiger partial charge is 0.126 e. The van der Waals surface area contributed by atoms with E-state index in [2.05, 4.69) is 5.32 Å². The van der Waals surface area contributed by atoms with E-state index in [0.29, 0.717) is 47.9 Å². The molecule has 0 spiro atoms. The SMILES string of the molecule is CNCc1cc2c(cc1OC)[C@H](O)[C@H]([C@@H]1COc3ccc(OC4CCCC4)cc3[C@H]1O)[C@H](CCCOC)O2. The van der Waals surface area contributed by atoms with Crippen LogP contribution in [0, 0.1) is 11.8 Å². The highest BCUT2D eigenvalue weighted by atomic mass is 16.5. The molecule has 2 aromatic carbocycles. The molecule has 0 bridgehead atoms. The highest BCUT2D eigenvalue weighted by Crippen LogP contribution is 2.50. The standard InChI is InChI=1S/C30H41NO7/c1-31-16-18-13-27-22(15-26(18)35-3)30(33)28(25(38-27)9-6-12-34-2)23-17-36-24-11-10-20(14-21(24)29(23)32)37-19-7-4-5-8-19/h10-11,13-15,19,23,25,28-33H,4-9,12,16-17H2,1-3H3/t23-,25-,28+,29+,30-/m0/s1. The third-order valence-electron chi connectivity index (χ3n) is 8.24. The fourth-order valence-corrected chi connectivity index (χ4v) is 6.30. The Kier molecular flexibility index (Phi) is 8.63. The van der Waals surface area contributed by atoms with E-state index in [1.807, 2.05) is 37.4 Å². The van der Waals surface area contributed by atoms with Crippen LogP contribution >= 0.6 is 0 Å². The summed E-state index contributed by atoms with van der Waals surface area (Å²) in [4.78, 5) is 0. The van der Waals surface area contributed by atoms with Crippen LogP contribution in [0.2, 0.25) is 0 Å². The normalized spacial score (nSPS) is 26.7. The molecule has 5 atom stereocenters. The fourth-order valence-electron chi connectivity index (χ4n) is 6.30. The Bertz CT molecular complexity index is 1090. The van der Waals surface area contributed by atoms with Gasteiger partial charge in [-0.15, -0.1) is 0 Å². The highest BCUT2D eigenvalue weighted by molar-refractivity contribution is 5.49. The Balaban J connectivity index is 1.45. The van der Waals surface area contributed by atoms with Crippen molar-refractivity contribution in [1.82, 2.24) is 5.32 Å². The number of fused-ring (bicyclic) bond motifs is 2. The molecule has 208 valence electrons. The summed E-state index contributed by atoms with van der Waals surface area (Å²) in [5, 5.41) is 26.6. The van der Waals surface area contributed by atoms with Crippen LogP contribution in [0.15, 0.2) is 30.3 Å². The predicted octanol–water partition coefficient (Wildman–Crippen LogP) is 4.32. The zero-order valence-electron chi connectivity index (χ0n) is 22.7. The lowest BCUT2D eigenvalue weighted by Crippen LogP contribution is -2.46. The van der Waals surface area contributed by atoms with Crippen LogP contribution in [0.3, 0.4) is 0 Å². The first-order valence-corrected chi connectivity index (χ1v) is 13.8. The zero-order valence-corrected chi connectivity index (χ0v) is 22.7. The Morgan fingerprint density at radius 1 is 1.00 bits per heavy atom. The first kappa shape index (κ1) is 27.1. The van der Waals surface area contributed by atoms with Crippen LogP contribution in [-0.2, 0) is 11.3 Å². The second-order valence-corrected chi connectivity index (χ2v) is 10.7. The van der Waals surface area contributed by atoms with E-state index >= 15 is 0 Å². The highest BCUT2D eigenvalue weighted by Gasteiger charge is 2.47. The van der Waals surface area contributed by atoms with Gasteiger partial charge in [0.1, 0.15) is 29.1 Å². The minimum absolute atomic E-state index is 0.225. The van der Waals surface area contributed by atoms with Gasteiger partial charge in [0.15, 0.2) is 0 Å². The third kappa shape index (κ3) is 5.45. The molecule has 2 heterocycles. The van der Waals surface area contributed by atoms with Crippen molar-refractivity contribution in [3.63, 3.8) is 0 Å². The summed E-state index contributed by atoms with van der Waals surface area (Å²) in [6.07, 6.45) is 4.19. The summed E-state index contributed by atoms with van der Waals surface area (Å²) in [6, 6.07) is 9.52. The van der Waals surface area contributed by atoms with E-state index in [9.17, 15) is 10.2 Å². The lowest BCUT2D eigenvalue weighted by Gasteiger charge is -2.44. The number of hydrogen-bond donors (Lipinski definition) is 3. The predicted molar refractivity (Wildman–Crippen MR) is 143 cm³/mol. The first-order valence-electron chi connectivity index (χ1n) is 13.8. The zero-order chi connectivity index (χ0) is 26.6. The van der Waals surface area contributed by atoms with Gasteiger partial charge >= 0.3 is 0 Å². The molecule has 1 aliphatic carbocycles. The van der Waals surface area contributed by atoms with Crippen molar-refractivity contribution in [2.45, 2.75) is 69.5 Å². The van der Waals surface area contributed by atoms with Gasteiger partial charge in [-0.2, -0.15) is 0 Å². The molecule has 8 nitrogen and oxygen atoms in total. The fraction of sp³-hybridized carbons (Fsp3) is 0.600. The number of hydrogen-bond acceptors (Lipinski definition) is 8. The number of benzene rings is 2. The summed E-state index contributed by atoms with van der Waals surface area (Å²) in [7, 11) is 5.19. The molecule has 8 heteroatoms. The van der Waals surface area contributed by atoms with Crippen molar-refractivity contribution < 1.29 is 33.9 Å². The Morgan fingerprint density at radius 3 is 2.53 bits per heavy atom. The number of aliphatic hydroxyl groups excluding tert-OH is 2. The van der Waals surface area contributed by atoms with Crippen LogP contribution in [0.4, 0.5) is 0 Å². The molecule has 1 fully saturated rings. The van der Waals surface area contributed by atoms with Gasteiger partial charge in [0.05, 0.1) is 32.0 Å². The molecule has 0 amide bonds. The van der Waals surface area contributed by atoms with E-state index < -0.39 is 12.2 Å². The lowest BCUT2D eigenvalue weighted by molar-refractivity contribution is -0.0888. The van der Waals surface area contributed by atoms with E-state index in [0.717, 1.165) is 30.6 Å². The molecule has 5 rings (SSSR count). The maximum atomic E-state index is 11.8. The molecular formula is C30H41NO7. The van der Waals surface area contributed by atoms with E-state index in [-0.39, 0.29) is 30.7 Å². The van der Waals surface area contributed by atoms with Crippen LogP contribution < -0.4 is 24.3 Å². The van der Waals surface area contributed by atoms with Gasteiger partial charge in [-0.05, 0) is 75.9 Å². The van der Waals surface area contributed by atoms with Gasteiger partial charge in [-0.25, -0.2) is 0 Å². The molecule has 0 aromatic heterocycles. The van der Waals surface area contributed by atoms with Crippen molar-refractivity contribution in [3.8, 4) is 23.0 Å². The topological polar surface area (TPSA) is 98.6 Å². The summed E-state index contributed by atoms with van der Waals surface area (Å²) in [6.45, 7) is 1.50. The quantitative estimate of drug-likeness (QED) is 0.393. The summed E-state index contributed by atoms with van der Waals surface area (Å²) in [5.74, 6) is 2.00. The van der Waals surface area contributed by atoms with Gasteiger partial charge in [0, 0.05) is 48.8 Å². The second kappa shape index (κ2) is 12.1. The minimum atomic E-state index is -0.855. The molecule has 0 unspecified atom stereocenters. The van der Waals surface area contributed by atoms with Gasteiger partial charge in [-0.3, -0.25) is 0 Å². The second-order valence-electron chi connectivity index (χ2n) is 10.7. The van der Waals surface area contributed by atoms with Crippen molar-refractivity contribution in [1.29, 1.82) is 0 Å². The average molecular weight is 528 g/mol. The molecule has 1 saturated carbocycles. The van der Waals surface area contributed by atoms with Crippen LogP contribution in [0.25, 0.3) is 0 Å². The molecule has 3 N–H and O–H groups in total. The Morgan fingerprint density at radius 2 is 1.79 bits per heavy atom. The average Bonchev–Trinajstić information content (AvgIpc) is 3.43. The van der Waals surface area contributed by atoms with E-state index in [1.165, 1.54) is 12.8 Å². The van der Waals surface area contributed by atoms with Gasteiger partial charge in [0.25, 0.3) is 0 Å². The molecule has 38 heavy (non-hydrogen) atoms. The number of rotatable bonds is 10. The summed E-state index contributed by atoms with van der Waals surface area (Å²) < 4.78 is 29.8. The van der Waals surface area contributed by atoms with E-state index in [1.54, 1.807) is 14.2 Å². The van der Waals surface area contributed by atoms with Gasteiger partial charge in [-0.1, -0.05) is 0 Å². The maximum absolute atomic E-state index is 11.8. The van der Waals surface area contributed by atoms with Gasteiger partial charge in [0.2, 0.25) is 0 Å². The molecule has 3 aliphatic rings. The molecule has 2 aliphatic heterocycles. The lowest BCUT2D eigenvalue weighted by atomic mass is 9.73.